The molecule has 0 heterocycles. The Kier molecular flexibility index (Phi) is 6.82. The van der Waals surface area contributed by atoms with Crippen molar-refractivity contribution in [3.63, 3.8) is 0 Å². The highest BCUT2D eigenvalue weighted by Gasteiger charge is 2.05. The fourth-order valence-electron chi connectivity index (χ4n) is 2.45. The standard InChI is InChI=1S/C20H26N2O2/c1-4-11-24-19-10-9-17(20(23)12-19)14-21-13-16-7-5-6-8-18(16)15-22(2)3/h5-10,12,14,23H,4,11,13,15H2,1-3H3/p+1. The molecular formula is C20H27N2O2+. The number of nitrogens with one attached hydrogen (secondary N) is 1. The molecule has 0 fully saturated rings. The molecule has 4 nitrogen and oxygen atoms in total. The first-order valence-electron chi connectivity index (χ1n) is 8.41. The van der Waals surface area contributed by atoms with Crippen molar-refractivity contribution in [2.75, 3.05) is 20.7 Å². The summed E-state index contributed by atoms with van der Waals surface area (Å²) in [5.74, 6) is 0.879. The van der Waals surface area contributed by atoms with Gasteiger partial charge in [-0.1, -0.05) is 31.2 Å². The van der Waals surface area contributed by atoms with Gasteiger partial charge in [-0.25, -0.2) is 0 Å². The molecule has 0 unspecified atom stereocenters. The first-order valence-corrected chi connectivity index (χ1v) is 8.41. The molecule has 0 saturated carbocycles. The molecule has 0 aromatic heterocycles. The van der Waals surface area contributed by atoms with Gasteiger partial charge in [-0.15, -0.1) is 0 Å². The van der Waals surface area contributed by atoms with E-state index in [0.29, 0.717) is 24.5 Å². The zero-order valence-electron chi connectivity index (χ0n) is 14.7. The van der Waals surface area contributed by atoms with Crippen LogP contribution in [-0.2, 0) is 13.1 Å². The summed E-state index contributed by atoms with van der Waals surface area (Å²) in [5, 5.41) is 10.1. The fraction of sp³-hybridized carbons (Fsp3) is 0.350. The largest absolute Gasteiger partial charge is 0.507 e. The number of ether oxygens (including phenoxy) is 1. The van der Waals surface area contributed by atoms with E-state index in [2.05, 4.69) is 44.2 Å². The lowest BCUT2D eigenvalue weighted by Gasteiger charge is -2.10. The molecule has 0 amide bonds. The molecule has 0 spiro atoms. The van der Waals surface area contributed by atoms with Crippen LogP contribution in [0.15, 0.2) is 47.5 Å². The Bertz CT molecular complexity index is 681. The second kappa shape index (κ2) is 9.08. The molecule has 0 aliphatic carbocycles. The predicted molar refractivity (Wildman–Crippen MR) is 98.1 cm³/mol. The number of phenolic OH excluding ortho intramolecular Hbond substituents is 1. The summed E-state index contributed by atoms with van der Waals surface area (Å²) < 4.78 is 5.51. The Labute approximate surface area is 144 Å². The van der Waals surface area contributed by atoms with E-state index in [1.54, 1.807) is 12.3 Å². The summed E-state index contributed by atoms with van der Waals surface area (Å²) in [6.45, 7) is 4.28. The van der Waals surface area contributed by atoms with Crippen molar-refractivity contribution in [2.24, 2.45) is 4.99 Å². The van der Waals surface area contributed by atoms with Gasteiger partial charge in [0.25, 0.3) is 0 Å². The van der Waals surface area contributed by atoms with Crippen LogP contribution in [0.4, 0.5) is 0 Å². The summed E-state index contributed by atoms with van der Waals surface area (Å²) in [7, 11) is 4.28. The minimum absolute atomic E-state index is 0.193. The van der Waals surface area contributed by atoms with E-state index >= 15 is 0 Å². The van der Waals surface area contributed by atoms with Crippen molar-refractivity contribution in [1.82, 2.24) is 0 Å². The Morgan fingerprint density at radius 1 is 1.12 bits per heavy atom. The zero-order valence-corrected chi connectivity index (χ0v) is 14.7. The van der Waals surface area contributed by atoms with Crippen LogP contribution in [0.1, 0.15) is 30.0 Å². The number of phenols is 1. The first kappa shape index (κ1) is 18.0. The van der Waals surface area contributed by atoms with Gasteiger partial charge in [-0.2, -0.15) is 0 Å². The molecule has 0 saturated heterocycles. The van der Waals surface area contributed by atoms with E-state index in [4.69, 9.17) is 4.74 Å². The summed E-state index contributed by atoms with van der Waals surface area (Å²) in [5.41, 5.74) is 3.23. The van der Waals surface area contributed by atoms with Crippen LogP contribution < -0.4 is 9.64 Å². The number of quaternary nitrogens is 1. The number of benzene rings is 2. The normalized spacial score (nSPS) is 11.3. The van der Waals surface area contributed by atoms with Gasteiger partial charge in [0.15, 0.2) is 0 Å². The highest BCUT2D eigenvalue weighted by atomic mass is 16.5. The first-order chi connectivity index (χ1) is 11.6. The molecule has 0 radical (unpaired) electrons. The second-order valence-corrected chi connectivity index (χ2v) is 6.19. The lowest BCUT2D eigenvalue weighted by Crippen LogP contribution is -3.04. The van der Waals surface area contributed by atoms with Gasteiger partial charge in [-0.05, 0) is 24.1 Å². The molecule has 0 atom stereocenters. The fourth-order valence-corrected chi connectivity index (χ4v) is 2.45. The molecule has 0 bridgehead atoms. The molecule has 4 heteroatoms. The third-order valence-corrected chi connectivity index (χ3v) is 3.63. The van der Waals surface area contributed by atoms with E-state index in [9.17, 15) is 5.11 Å². The molecule has 2 aromatic carbocycles. The van der Waals surface area contributed by atoms with Gasteiger partial charge in [0.05, 0.1) is 27.2 Å². The van der Waals surface area contributed by atoms with Gasteiger partial charge in [0.1, 0.15) is 18.0 Å². The zero-order chi connectivity index (χ0) is 17.4. The van der Waals surface area contributed by atoms with Crippen LogP contribution in [0.3, 0.4) is 0 Å². The van der Waals surface area contributed by atoms with Gasteiger partial charge in [-0.3, -0.25) is 4.99 Å². The Balaban J connectivity index is 2.04. The molecule has 0 aliphatic heterocycles. The average molecular weight is 327 g/mol. The van der Waals surface area contributed by atoms with Gasteiger partial charge in [0, 0.05) is 23.4 Å². The molecular weight excluding hydrogens is 300 g/mol. The van der Waals surface area contributed by atoms with Crippen molar-refractivity contribution in [3.05, 3.63) is 59.2 Å². The number of hydrogen-bond donors (Lipinski definition) is 2. The van der Waals surface area contributed by atoms with Crippen LogP contribution in [0.5, 0.6) is 11.5 Å². The van der Waals surface area contributed by atoms with Crippen molar-refractivity contribution < 1.29 is 14.7 Å². The maximum Gasteiger partial charge on any atom is 0.128 e. The minimum Gasteiger partial charge on any atom is -0.507 e. The highest BCUT2D eigenvalue weighted by Crippen LogP contribution is 2.22. The van der Waals surface area contributed by atoms with Crippen molar-refractivity contribution >= 4 is 6.21 Å². The van der Waals surface area contributed by atoms with Crippen molar-refractivity contribution in [1.29, 1.82) is 0 Å². The van der Waals surface area contributed by atoms with Crippen LogP contribution in [0, 0.1) is 0 Å². The predicted octanol–water partition coefficient (Wildman–Crippen LogP) is 2.44. The van der Waals surface area contributed by atoms with Gasteiger partial charge >= 0.3 is 0 Å². The van der Waals surface area contributed by atoms with E-state index in [1.165, 1.54) is 16.0 Å². The quantitative estimate of drug-likeness (QED) is 0.732. The third kappa shape index (κ3) is 5.39. The highest BCUT2D eigenvalue weighted by molar-refractivity contribution is 5.83. The van der Waals surface area contributed by atoms with E-state index < -0.39 is 0 Å². The Morgan fingerprint density at radius 3 is 2.54 bits per heavy atom. The topological polar surface area (TPSA) is 46.3 Å². The summed E-state index contributed by atoms with van der Waals surface area (Å²) >= 11 is 0. The van der Waals surface area contributed by atoms with E-state index in [0.717, 1.165) is 13.0 Å². The van der Waals surface area contributed by atoms with Crippen LogP contribution in [0.25, 0.3) is 0 Å². The number of hydrogen-bond acceptors (Lipinski definition) is 3. The minimum atomic E-state index is 0.193. The van der Waals surface area contributed by atoms with Crippen LogP contribution >= 0.6 is 0 Å². The summed E-state index contributed by atoms with van der Waals surface area (Å²) in [4.78, 5) is 5.88. The molecule has 2 rings (SSSR count). The summed E-state index contributed by atoms with van der Waals surface area (Å²) in [6, 6.07) is 13.7. The molecule has 2 aromatic rings. The van der Waals surface area contributed by atoms with E-state index in [-0.39, 0.29) is 5.75 Å². The maximum atomic E-state index is 10.1. The molecule has 2 N–H and O–H groups in total. The summed E-state index contributed by atoms with van der Waals surface area (Å²) in [6.07, 6.45) is 2.66. The van der Waals surface area contributed by atoms with Crippen LogP contribution in [-0.4, -0.2) is 32.0 Å². The smallest absolute Gasteiger partial charge is 0.128 e. The van der Waals surface area contributed by atoms with Crippen molar-refractivity contribution in [2.45, 2.75) is 26.4 Å². The molecule has 128 valence electrons. The SMILES string of the molecule is CCCOc1ccc(C=NCc2ccccc2C[NH+](C)C)c(O)c1. The number of rotatable bonds is 8. The lowest BCUT2D eigenvalue weighted by atomic mass is 10.1. The van der Waals surface area contributed by atoms with Crippen molar-refractivity contribution in [3.8, 4) is 11.5 Å². The van der Waals surface area contributed by atoms with Crippen LogP contribution in [0.2, 0.25) is 0 Å². The maximum absolute atomic E-state index is 10.1. The number of nitrogens with zero attached hydrogens (tertiary/aromatic N) is 1. The molecule has 24 heavy (non-hydrogen) atoms. The monoisotopic (exact) mass is 327 g/mol. The second-order valence-electron chi connectivity index (χ2n) is 6.19. The average Bonchev–Trinajstić information content (AvgIpc) is 2.55. The third-order valence-electron chi connectivity index (χ3n) is 3.63. The van der Waals surface area contributed by atoms with E-state index in [1.807, 2.05) is 18.2 Å². The molecule has 0 aliphatic rings. The Hall–Kier alpha value is -2.33. The lowest BCUT2D eigenvalue weighted by molar-refractivity contribution is -0.872. The number of aliphatic imine (C=N–C) groups is 1. The van der Waals surface area contributed by atoms with Gasteiger partial charge < -0.3 is 14.7 Å². The number of aromatic hydroxyl groups is 1. The Morgan fingerprint density at radius 2 is 1.88 bits per heavy atom. The van der Waals surface area contributed by atoms with Gasteiger partial charge in [0.2, 0.25) is 0 Å².